The number of halogens is 2. The monoisotopic (exact) mass is 547 g/mol. The first-order valence-electron chi connectivity index (χ1n) is 9.24. The summed E-state index contributed by atoms with van der Waals surface area (Å²) in [5.74, 6) is 0.0825. The van der Waals surface area contributed by atoms with Crippen LogP contribution >= 0.6 is 31.9 Å². The number of aliphatic carboxylic acids is 1. The summed E-state index contributed by atoms with van der Waals surface area (Å²) in [6, 6.07) is 21.0. The van der Waals surface area contributed by atoms with E-state index in [0.29, 0.717) is 30.3 Å². The zero-order valence-corrected chi connectivity index (χ0v) is 19.5. The molecule has 0 saturated carbocycles. The van der Waals surface area contributed by atoms with E-state index in [4.69, 9.17) is 19.4 Å². The Hall–Kier alpha value is -2.84. The van der Waals surface area contributed by atoms with Gasteiger partial charge in [0.1, 0.15) is 24.7 Å². The van der Waals surface area contributed by atoms with Crippen LogP contribution in [0.15, 0.2) is 80.8 Å². The predicted molar refractivity (Wildman–Crippen MR) is 125 cm³/mol. The number of hydrogen-bond donors (Lipinski definition) is 1. The van der Waals surface area contributed by atoms with E-state index < -0.39 is 12.6 Å². The van der Waals surface area contributed by atoms with Gasteiger partial charge in [0.25, 0.3) is 0 Å². The van der Waals surface area contributed by atoms with Crippen molar-refractivity contribution in [3.05, 3.63) is 92.4 Å². The van der Waals surface area contributed by atoms with Crippen LogP contribution in [0.3, 0.4) is 0 Å². The molecule has 8 heteroatoms. The standard InChI is InChI=1S/C23H19Br2NO5/c24-19-5-1-3-16(7-19)13-29-21-9-18(12-26-31-15-23(27)28)10-22(11-21)30-14-17-4-2-6-20(25)8-17/h1-12H,13-15H2,(H,27,28). The van der Waals surface area contributed by atoms with Gasteiger partial charge in [0.15, 0.2) is 0 Å². The van der Waals surface area contributed by atoms with Crippen molar-refractivity contribution in [1.29, 1.82) is 0 Å². The van der Waals surface area contributed by atoms with E-state index in [9.17, 15) is 4.79 Å². The van der Waals surface area contributed by atoms with Crippen LogP contribution in [0.1, 0.15) is 16.7 Å². The van der Waals surface area contributed by atoms with Gasteiger partial charge < -0.3 is 19.4 Å². The van der Waals surface area contributed by atoms with Gasteiger partial charge in [-0.3, -0.25) is 0 Å². The van der Waals surface area contributed by atoms with Gasteiger partial charge in [-0.15, -0.1) is 0 Å². The highest BCUT2D eigenvalue weighted by Crippen LogP contribution is 2.25. The molecule has 31 heavy (non-hydrogen) atoms. The Balaban J connectivity index is 1.74. The molecule has 0 saturated heterocycles. The molecule has 0 aliphatic heterocycles. The molecule has 1 N–H and O–H groups in total. The lowest BCUT2D eigenvalue weighted by atomic mass is 10.2. The largest absolute Gasteiger partial charge is 0.489 e. The molecule has 0 aliphatic carbocycles. The number of carbonyl (C=O) groups is 1. The summed E-state index contributed by atoms with van der Waals surface area (Å²) in [5, 5.41) is 12.3. The third-order valence-electron chi connectivity index (χ3n) is 3.96. The molecule has 3 aromatic rings. The zero-order chi connectivity index (χ0) is 22.1. The second-order valence-corrected chi connectivity index (χ2v) is 8.31. The van der Waals surface area contributed by atoms with Crippen molar-refractivity contribution in [3.8, 4) is 11.5 Å². The normalized spacial score (nSPS) is 10.8. The lowest BCUT2D eigenvalue weighted by molar-refractivity contribution is -0.142. The van der Waals surface area contributed by atoms with Gasteiger partial charge >= 0.3 is 5.97 Å². The van der Waals surface area contributed by atoms with Crippen LogP contribution in [0, 0.1) is 0 Å². The molecule has 0 radical (unpaired) electrons. The van der Waals surface area contributed by atoms with E-state index in [-0.39, 0.29) is 0 Å². The van der Waals surface area contributed by atoms with Gasteiger partial charge in [0.05, 0.1) is 6.21 Å². The average molecular weight is 549 g/mol. The van der Waals surface area contributed by atoms with Gasteiger partial charge in [-0.25, -0.2) is 4.79 Å². The maximum atomic E-state index is 10.6. The van der Waals surface area contributed by atoms with Gasteiger partial charge in [0.2, 0.25) is 6.61 Å². The third kappa shape index (κ3) is 8.07. The van der Waals surface area contributed by atoms with Gasteiger partial charge in [-0.1, -0.05) is 61.3 Å². The lowest BCUT2D eigenvalue weighted by Crippen LogP contribution is -2.03. The molecule has 0 atom stereocenters. The van der Waals surface area contributed by atoms with E-state index in [1.807, 2.05) is 48.5 Å². The summed E-state index contributed by atoms with van der Waals surface area (Å²) >= 11 is 6.91. The highest BCUT2D eigenvalue weighted by molar-refractivity contribution is 9.10. The molecule has 0 bridgehead atoms. The number of benzene rings is 3. The van der Waals surface area contributed by atoms with Crippen LogP contribution < -0.4 is 9.47 Å². The average Bonchev–Trinajstić information content (AvgIpc) is 2.74. The minimum atomic E-state index is -1.10. The third-order valence-corrected chi connectivity index (χ3v) is 4.94. The maximum Gasteiger partial charge on any atom is 0.344 e. The number of nitrogens with zero attached hydrogens (tertiary/aromatic N) is 1. The molecule has 0 unspecified atom stereocenters. The molecular weight excluding hydrogens is 530 g/mol. The molecule has 6 nitrogen and oxygen atoms in total. The molecular formula is C23H19Br2NO5. The molecule has 3 aromatic carbocycles. The number of hydrogen-bond acceptors (Lipinski definition) is 5. The van der Waals surface area contributed by atoms with Crippen molar-refractivity contribution in [3.63, 3.8) is 0 Å². The number of oxime groups is 1. The smallest absolute Gasteiger partial charge is 0.344 e. The molecule has 3 rings (SSSR count). The molecule has 0 aliphatic rings. The van der Waals surface area contributed by atoms with Crippen molar-refractivity contribution in [2.45, 2.75) is 13.2 Å². The first-order chi connectivity index (χ1) is 15.0. The van der Waals surface area contributed by atoms with Gasteiger partial charge in [-0.2, -0.15) is 0 Å². The SMILES string of the molecule is O=C(O)CON=Cc1cc(OCc2cccc(Br)c2)cc(OCc2cccc(Br)c2)c1. The first kappa shape index (κ1) is 22.8. The Bertz CT molecular complexity index is 1000. The first-order valence-corrected chi connectivity index (χ1v) is 10.8. The predicted octanol–water partition coefficient (Wildman–Crippen LogP) is 5.80. The minimum absolute atomic E-state index is 0.376. The Morgan fingerprint density at radius 2 is 1.42 bits per heavy atom. The van der Waals surface area contributed by atoms with Crippen molar-refractivity contribution in [2.75, 3.05) is 6.61 Å². The van der Waals surface area contributed by atoms with E-state index >= 15 is 0 Å². The fourth-order valence-electron chi connectivity index (χ4n) is 2.61. The Morgan fingerprint density at radius 3 is 1.90 bits per heavy atom. The lowest BCUT2D eigenvalue weighted by Gasteiger charge is -2.12. The van der Waals surface area contributed by atoms with E-state index in [1.54, 1.807) is 18.2 Å². The summed E-state index contributed by atoms with van der Waals surface area (Å²) in [7, 11) is 0. The second-order valence-electron chi connectivity index (χ2n) is 6.48. The van der Waals surface area contributed by atoms with Crippen LogP contribution in [0.25, 0.3) is 0 Å². The summed E-state index contributed by atoms with van der Waals surface area (Å²) in [5.41, 5.74) is 2.67. The van der Waals surface area contributed by atoms with E-state index in [1.165, 1.54) is 6.21 Å². The second kappa shape index (κ2) is 11.5. The molecule has 0 heterocycles. The van der Waals surface area contributed by atoms with Crippen LogP contribution in [-0.4, -0.2) is 23.9 Å². The molecule has 0 spiro atoms. The summed E-state index contributed by atoms with van der Waals surface area (Å²) in [6.45, 7) is 0.239. The maximum absolute atomic E-state index is 10.6. The highest BCUT2D eigenvalue weighted by Gasteiger charge is 2.05. The Labute approximate surface area is 196 Å². The van der Waals surface area contributed by atoms with E-state index in [0.717, 1.165) is 20.1 Å². The molecule has 0 amide bonds. The fraction of sp³-hybridized carbons (Fsp3) is 0.130. The fourth-order valence-corrected chi connectivity index (χ4v) is 3.51. The highest BCUT2D eigenvalue weighted by atomic mass is 79.9. The summed E-state index contributed by atoms with van der Waals surface area (Å²) < 4.78 is 13.8. The number of carboxylic acid groups (broad SMARTS) is 1. The van der Waals surface area contributed by atoms with Crippen LogP contribution in [0.2, 0.25) is 0 Å². The molecule has 160 valence electrons. The van der Waals surface area contributed by atoms with Crippen molar-refractivity contribution < 1.29 is 24.2 Å². The van der Waals surface area contributed by atoms with Crippen molar-refractivity contribution in [1.82, 2.24) is 0 Å². The number of ether oxygens (including phenoxy) is 2. The Morgan fingerprint density at radius 1 is 0.871 bits per heavy atom. The van der Waals surface area contributed by atoms with Crippen molar-refractivity contribution >= 4 is 44.0 Å². The number of carboxylic acids is 1. The van der Waals surface area contributed by atoms with Crippen molar-refractivity contribution in [2.24, 2.45) is 5.16 Å². The zero-order valence-electron chi connectivity index (χ0n) is 16.3. The quantitative estimate of drug-likeness (QED) is 0.256. The van der Waals surface area contributed by atoms with Gasteiger partial charge in [0, 0.05) is 20.6 Å². The summed E-state index contributed by atoms with van der Waals surface area (Å²) in [6.07, 6.45) is 1.42. The topological polar surface area (TPSA) is 77.4 Å². The minimum Gasteiger partial charge on any atom is -0.489 e. The van der Waals surface area contributed by atoms with Crippen LogP contribution in [0.5, 0.6) is 11.5 Å². The molecule has 0 fully saturated rings. The van der Waals surface area contributed by atoms with Crippen LogP contribution in [-0.2, 0) is 22.8 Å². The molecule has 0 aromatic heterocycles. The number of rotatable bonds is 10. The van der Waals surface area contributed by atoms with E-state index in [2.05, 4.69) is 37.0 Å². The summed E-state index contributed by atoms with van der Waals surface area (Å²) in [4.78, 5) is 15.3. The Kier molecular flexibility index (Phi) is 8.49. The van der Waals surface area contributed by atoms with Gasteiger partial charge in [-0.05, 0) is 47.5 Å². The van der Waals surface area contributed by atoms with Crippen LogP contribution in [0.4, 0.5) is 0 Å².